The lowest BCUT2D eigenvalue weighted by Gasteiger charge is -2.07. The van der Waals surface area contributed by atoms with Gasteiger partial charge in [0.15, 0.2) is 0 Å². The van der Waals surface area contributed by atoms with Crippen molar-refractivity contribution in [3.8, 4) is 0 Å². The van der Waals surface area contributed by atoms with E-state index in [0.29, 0.717) is 5.57 Å². The predicted molar refractivity (Wildman–Crippen MR) is 57.6 cm³/mol. The Bertz CT molecular complexity index is 262. The van der Waals surface area contributed by atoms with Crippen molar-refractivity contribution in [1.82, 2.24) is 0 Å². The zero-order valence-electron chi connectivity index (χ0n) is 8.00. The lowest BCUT2D eigenvalue weighted by molar-refractivity contribution is 0.615. The van der Waals surface area contributed by atoms with Crippen LogP contribution in [0.4, 0.5) is 4.39 Å². The van der Waals surface area contributed by atoms with Gasteiger partial charge >= 0.3 is 0 Å². The van der Waals surface area contributed by atoms with Crippen LogP contribution in [-0.4, -0.2) is 0 Å². The zero-order chi connectivity index (χ0) is 10.6. The molecule has 0 spiro atoms. The fourth-order valence-electron chi connectivity index (χ4n) is 0.621. The molecule has 74 valence electrons. The summed E-state index contributed by atoms with van der Waals surface area (Å²) < 4.78 is 13.4. The molecule has 0 aromatic rings. The van der Waals surface area contributed by atoms with Crippen molar-refractivity contribution in [3.05, 3.63) is 34.1 Å². The largest absolute Gasteiger partial charge is 0.205 e. The summed E-state index contributed by atoms with van der Waals surface area (Å²) >= 11 is 11.3. The highest BCUT2D eigenvalue weighted by atomic mass is 35.5. The maximum absolute atomic E-state index is 13.4. The highest BCUT2D eigenvalue weighted by Gasteiger charge is 2.11. The van der Waals surface area contributed by atoms with Crippen molar-refractivity contribution in [2.24, 2.45) is 5.92 Å². The smallest absolute Gasteiger partial charge is 0.142 e. The third kappa shape index (κ3) is 3.53. The highest BCUT2D eigenvalue weighted by molar-refractivity contribution is 6.41. The summed E-state index contributed by atoms with van der Waals surface area (Å²) in [6.45, 7) is 8.87. The molecular weight excluding hydrogens is 210 g/mol. The molecule has 0 N–H and O–H groups in total. The van der Waals surface area contributed by atoms with E-state index in [1.54, 1.807) is 6.92 Å². The number of allylic oxidation sites excluding steroid dienone is 5. The molecule has 13 heavy (non-hydrogen) atoms. The molecule has 0 atom stereocenters. The summed E-state index contributed by atoms with van der Waals surface area (Å²) in [5, 5.41) is 0.0713. The summed E-state index contributed by atoms with van der Waals surface area (Å²) in [7, 11) is 0. The summed E-state index contributed by atoms with van der Waals surface area (Å²) in [5.74, 6) is -0.343. The maximum atomic E-state index is 13.4. The fraction of sp³-hybridized carbons (Fsp3) is 0.400. The van der Waals surface area contributed by atoms with E-state index in [9.17, 15) is 4.39 Å². The van der Waals surface area contributed by atoms with Gasteiger partial charge in [0.25, 0.3) is 0 Å². The molecule has 0 aromatic heterocycles. The van der Waals surface area contributed by atoms with E-state index in [0.717, 1.165) is 0 Å². The Balaban J connectivity index is 5.10. The molecule has 0 heterocycles. The van der Waals surface area contributed by atoms with E-state index in [-0.39, 0.29) is 16.0 Å². The van der Waals surface area contributed by atoms with E-state index in [1.807, 2.05) is 13.8 Å². The lowest BCUT2D eigenvalue weighted by Crippen LogP contribution is -1.93. The van der Waals surface area contributed by atoms with Crippen LogP contribution >= 0.6 is 23.2 Å². The van der Waals surface area contributed by atoms with Crippen LogP contribution in [-0.2, 0) is 0 Å². The van der Waals surface area contributed by atoms with Crippen molar-refractivity contribution < 1.29 is 4.39 Å². The average molecular weight is 223 g/mol. The van der Waals surface area contributed by atoms with Crippen LogP contribution < -0.4 is 0 Å². The van der Waals surface area contributed by atoms with Crippen LogP contribution in [0.15, 0.2) is 34.1 Å². The molecule has 0 rings (SSSR count). The molecule has 0 saturated heterocycles. The Morgan fingerprint density at radius 1 is 1.38 bits per heavy atom. The van der Waals surface area contributed by atoms with Gasteiger partial charge in [0.2, 0.25) is 0 Å². The lowest BCUT2D eigenvalue weighted by atomic mass is 10.0. The highest BCUT2D eigenvalue weighted by Crippen LogP contribution is 2.28. The molecular formula is C10H13Cl2F. The Morgan fingerprint density at radius 3 is 2.15 bits per heavy atom. The van der Waals surface area contributed by atoms with E-state index in [4.69, 9.17) is 23.2 Å². The predicted octanol–water partition coefficient (Wildman–Crippen LogP) is 4.76. The Labute approximate surface area is 88.7 Å². The van der Waals surface area contributed by atoms with Crippen LogP contribution in [0.3, 0.4) is 0 Å². The third-order valence-electron chi connectivity index (χ3n) is 1.79. The molecule has 0 amide bonds. The first kappa shape index (κ1) is 12.7. The van der Waals surface area contributed by atoms with Crippen LogP contribution in [0.1, 0.15) is 20.8 Å². The second kappa shape index (κ2) is 5.46. The first-order valence-electron chi connectivity index (χ1n) is 3.96. The minimum absolute atomic E-state index is 0.0668. The molecule has 0 aliphatic heterocycles. The van der Waals surface area contributed by atoms with Crippen LogP contribution in [0, 0.1) is 5.92 Å². The van der Waals surface area contributed by atoms with Gasteiger partial charge in [-0.1, -0.05) is 43.6 Å². The molecule has 0 aromatic carbocycles. The molecule has 0 bridgehead atoms. The molecule has 3 heteroatoms. The second-order valence-corrected chi connectivity index (χ2v) is 3.80. The first-order chi connectivity index (χ1) is 5.91. The van der Waals surface area contributed by atoms with E-state index in [1.165, 1.54) is 6.08 Å². The summed E-state index contributed by atoms with van der Waals surface area (Å²) in [6, 6.07) is 0. The van der Waals surface area contributed by atoms with Crippen molar-refractivity contribution in [3.63, 3.8) is 0 Å². The van der Waals surface area contributed by atoms with Gasteiger partial charge in [-0.2, -0.15) is 0 Å². The standard InChI is InChI=1S/C10H13Cl2F/c1-5-8(11)9(12)10(13)7(4)6(2)3/h5-6H,1H2,2-4H3/b9-8-,10-7-. The fourth-order valence-corrected chi connectivity index (χ4v) is 0.930. The van der Waals surface area contributed by atoms with E-state index < -0.39 is 5.83 Å². The molecule has 0 nitrogen and oxygen atoms in total. The maximum Gasteiger partial charge on any atom is 0.142 e. The van der Waals surface area contributed by atoms with Crippen molar-refractivity contribution in [2.75, 3.05) is 0 Å². The van der Waals surface area contributed by atoms with Gasteiger partial charge in [-0.3, -0.25) is 0 Å². The van der Waals surface area contributed by atoms with Gasteiger partial charge in [-0.15, -0.1) is 0 Å². The van der Waals surface area contributed by atoms with Gasteiger partial charge in [-0.25, -0.2) is 4.39 Å². The van der Waals surface area contributed by atoms with Crippen LogP contribution in [0.5, 0.6) is 0 Å². The monoisotopic (exact) mass is 222 g/mol. The molecule has 0 aliphatic carbocycles. The van der Waals surface area contributed by atoms with E-state index in [2.05, 4.69) is 6.58 Å². The van der Waals surface area contributed by atoms with Gasteiger partial charge in [0.1, 0.15) is 5.83 Å². The van der Waals surface area contributed by atoms with Crippen LogP contribution in [0.25, 0.3) is 0 Å². The normalized spacial score (nSPS) is 15.3. The topological polar surface area (TPSA) is 0 Å². The quantitative estimate of drug-likeness (QED) is 0.605. The number of halogens is 3. The summed E-state index contributed by atoms with van der Waals surface area (Å²) in [6.07, 6.45) is 1.32. The Hall–Kier alpha value is -0.270. The second-order valence-electron chi connectivity index (χ2n) is 3.02. The van der Waals surface area contributed by atoms with Gasteiger partial charge < -0.3 is 0 Å². The molecule has 0 aliphatic rings. The molecule has 0 saturated carbocycles. The Morgan fingerprint density at radius 2 is 1.85 bits per heavy atom. The minimum atomic E-state index is -0.457. The molecule has 0 fully saturated rings. The average Bonchev–Trinajstić information content (AvgIpc) is 2.12. The van der Waals surface area contributed by atoms with Gasteiger partial charge in [0.05, 0.1) is 10.1 Å². The van der Waals surface area contributed by atoms with E-state index >= 15 is 0 Å². The SMILES string of the molecule is C=C/C(Cl)=C(Cl)\C(F)=C(/C)C(C)C. The van der Waals surface area contributed by atoms with Gasteiger partial charge in [0, 0.05) is 0 Å². The third-order valence-corrected chi connectivity index (χ3v) is 2.60. The Kier molecular flexibility index (Phi) is 5.34. The first-order valence-corrected chi connectivity index (χ1v) is 4.71. The number of hydrogen-bond acceptors (Lipinski definition) is 0. The minimum Gasteiger partial charge on any atom is -0.205 e. The molecule has 0 unspecified atom stereocenters. The molecule has 0 radical (unpaired) electrons. The van der Waals surface area contributed by atoms with Crippen molar-refractivity contribution in [1.29, 1.82) is 0 Å². The van der Waals surface area contributed by atoms with Crippen molar-refractivity contribution in [2.45, 2.75) is 20.8 Å². The summed E-state index contributed by atoms with van der Waals surface area (Å²) in [5.41, 5.74) is 0.588. The zero-order valence-corrected chi connectivity index (χ0v) is 9.51. The van der Waals surface area contributed by atoms with Crippen molar-refractivity contribution >= 4 is 23.2 Å². The van der Waals surface area contributed by atoms with Crippen LogP contribution in [0.2, 0.25) is 0 Å². The summed E-state index contributed by atoms with van der Waals surface area (Å²) in [4.78, 5) is 0. The number of rotatable bonds is 3. The van der Waals surface area contributed by atoms with Gasteiger partial charge in [-0.05, 0) is 24.5 Å². The number of hydrogen-bond donors (Lipinski definition) is 0.